The third-order valence-electron chi connectivity index (χ3n) is 3.91. The topological polar surface area (TPSA) is 33.7 Å². The molecule has 2 atom stereocenters. The Labute approximate surface area is 129 Å². The highest BCUT2D eigenvalue weighted by molar-refractivity contribution is 7.80. The van der Waals surface area contributed by atoms with Crippen LogP contribution in [0.1, 0.15) is 24.9 Å². The van der Waals surface area contributed by atoms with Crippen molar-refractivity contribution in [2.75, 3.05) is 20.3 Å². The standard InChI is InChI=1S/C14H17ClN2O2S/c1-14-8-10(16-13(20)17(14)6-7-18-2)12-9(15)4-3-5-11(12)19-14/h3-5,10H,6-8H2,1-2H3,(H,16,20). The number of methoxy groups -OCH3 is 1. The lowest BCUT2D eigenvalue weighted by Gasteiger charge is -2.52. The van der Waals surface area contributed by atoms with Crippen LogP contribution in [-0.4, -0.2) is 36.0 Å². The fourth-order valence-electron chi connectivity index (χ4n) is 2.95. The molecule has 20 heavy (non-hydrogen) atoms. The van der Waals surface area contributed by atoms with Gasteiger partial charge in [-0.3, -0.25) is 0 Å². The number of hydrogen-bond donors (Lipinski definition) is 1. The average Bonchev–Trinajstić information content (AvgIpc) is 2.37. The number of nitrogens with one attached hydrogen (secondary N) is 1. The van der Waals surface area contributed by atoms with Crippen molar-refractivity contribution in [1.82, 2.24) is 10.2 Å². The van der Waals surface area contributed by atoms with Crippen molar-refractivity contribution >= 4 is 28.9 Å². The second-order valence-electron chi connectivity index (χ2n) is 5.28. The van der Waals surface area contributed by atoms with Crippen molar-refractivity contribution < 1.29 is 9.47 Å². The first-order chi connectivity index (χ1) is 9.55. The number of nitrogens with zero attached hydrogens (tertiary/aromatic N) is 1. The Balaban J connectivity index is 1.98. The molecule has 2 bridgehead atoms. The van der Waals surface area contributed by atoms with Crippen LogP contribution >= 0.6 is 23.8 Å². The molecule has 0 saturated carbocycles. The van der Waals surface area contributed by atoms with E-state index in [1.165, 1.54) is 0 Å². The Morgan fingerprint density at radius 3 is 3.15 bits per heavy atom. The van der Waals surface area contributed by atoms with E-state index in [4.69, 9.17) is 33.3 Å². The predicted molar refractivity (Wildman–Crippen MR) is 82.2 cm³/mol. The van der Waals surface area contributed by atoms with Crippen LogP contribution in [0, 0.1) is 0 Å². The SMILES string of the molecule is COCCN1C(=S)NC2CC1(C)Oc1cccc(Cl)c12. The summed E-state index contributed by atoms with van der Waals surface area (Å²) in [7, 11) is 1.68. The summed E-state index contributed by atoms with van der Waals surface area (Å²) in [5.74, 6) is 0.827. The molecule has 6 heteroatoms. The molecule has 2 heterocycles. The smallest absolute Gasteiger partial charge is 0.184 e. The fourth-order valence-corrected chi connectivity index (χ4v) is 3.68. The van der Waals surface area contributed by atoms with E-state index in [1.807, 2.05) is 23.1 Å². The zero-order valence-corrected chi connectivity index (χ0v) is 13.1. The molecule has 2 unspecified atom stereocenters. The second kappa shape index (κ2) is 5.06. The zero-order chi connectivity index (χ0) is 14.3. The van der Waals surface area contributed by atoms with E-state index in [9.17, 15) is 0 Å². The zero-order valence-electron chi connectivity index (χ0n) is 11.5. The van der Waals surface area contributed by atoms with Crippen LogP contribution in [0.15, 0.2) is 18.2 Å². The Morgan fingerprint density at radius 1 is 1.60 bits per heavy atom. The number of thiocarbonyl (C=S) groups is 1. The van der Waals surface area contributed by atoms with Crippen LogP contribution in [0.3, 0.4) is 0 Å². The Morgan fingerprint density at radius 2 is 2.40 bits per heavy atom. The third kappa shape index (κ3) is 2.14. The van der Waals surface area contributed by atoms with Gasteiger partial charge in [0.2, 0.25) is 0 Å². The molecule has 2 aliphatic rings. The maximum Gasteiger partial charge on any atom is 0.184 e. The van der Waals surface area contributed by atoms with Crippen molar-refractivity contribution in [2.24, 2.45) is 0 Å². The minimum Gasteiger partial charge on any atom is -0.468 e. The first-order valence-corrected chi connectivity index (χ1v) is 7.38. The molecule has 0 aromatic heterocycles. The van der Waals surface area contributed by atoms with Gasteiger partial charge in [-0.2, -0.15) is 0 Å². The lowest BCUT2D eigenvalue weighted by molar-refractivity contribution is -0.0740. The van der Waals surface area contributed by atoms with Gasteiger partial charge in [0.05, 0.1) is 12.6 Å². The average molecular weight is 313 g/mol. The van der Waals surface area contributed by atoms with Gasteiger partial charge in [-0.25, -0.2) is 0 Å². The van der Waals surface area contributed by atoms with Gasteiger partial charge in [0.1, 0.15) is 5.75 Å². The van der Waals surface area contributed by atoms with Gasteiger partial charge in [-0.05, 0) is 31.3 Å². The number of halogens is 1. The Hall–Kier alpha value is -1.04. The number of benzene rings is 1. The van der Waals surface area contributed by atoms with E-state index in [0.29, 0.717) is 18.3 Å². The highest BCUT2D eigenvalue weighted by Crippen LogP contribution is 2.46. The van der Waals surface area contributed by atoms with Gasteiger partial charge in [0.15, 0.2) is 10.8 Å². The van der Waals surface area contributed by atoms with Gasteiger partial charge in [-0.1, -0.05) is 17.7 Å². The maximum atomic E-state index is 6.30. The van der Waals surface area contributed by atoms with Crippen molar-refractivity contribution in [2.45, 2.75) is 25.1 Å². The summed E-state index contributed by atoms with van der Waals surface area (Å²) >= 11 is 11.8. The lowest BCUT2D eigenvalue weighted by atomic mass is 9.90. The van der Waals surface area contributed by atoms with Gasteiger partial charge >= 0.3 is 0 Å². The van der Waals surface area contributed by atoms with E-state index in [2.05, 4.69) is 12.2 Å². The van der Waals surface area contributed by atoms with Crippen LogP contribution in [0.25, 0.3) is 0 Å². The highest BCUT2D eigenvalue weighted by Gasteiger charge is 2.47. The fraction of sp³-hybridized carbons (Fsp3) is 0.500. The monoisotopic (exact) mass is 312 g/mol. The molecule has 1 N–H and O–H groups in total. The minimum atomic E-state index is -0.455. The van der Waals surface area contributed by atoms with E-state index >= 15 is 0 Å². The van der Waals surface area contributed by atoms with Crippen molar-refractivity contribution in [3.63, 3.8) is 0 Å². The van der Waals surface area contributed by atoms with E-state index in [-0.39, 0.29) is 6.04 Å². The van der Waals surface area contributed by atoms with Crippen LogP contribution in [-0.2, 0) is 4.74 Å². The molecule has 1 aromatic carbocycles. The number of fused-ring (bicyclic) bond motifs is 4. The number of rotatable bonds is 3. The summed E-state index contributed by atoms with van der Waals surface area (Å²) in [5, 5.41) is 4.77. The molecule has 1 fully saturated rings. The van der Waals surface area contributed by atoms with E-state index in [1.54, 1.807) is 7.11 Å². The van der Waals surface area contributed by atoms with Crippen molar-refractivity contribution in [3.05, 3.63) is 28.8 Å². The van der Waals surface area contributed by atoms with E-state index < -0.39 is 5.72 Å². The van der Waals surface area contributed by atoms with Crippen molar-refractivity contribution in [3.8, 4) is 5.75 Å². The molecule has 0 radical (unpaired) electrons. The first-order valence-electron chi connectivity index (χ1n) is 6.59. The number of hydrogen-bond acceptors (Lipinski definition) is 3. The Kier molecular flexibility index (Phi) is 3.52. The normalized spacial score (nSPS) is 27.6. The molecule has 2 aliphatic heterocycles. The molecule has 0 aliphatic carbocycles. The number of ether oxygens (including phenoxy) is 2. The van der Waals surface area contributed by atoms with Crippen LogP contribution in [0.4, 0.5) is 0 Å². The molecule has 0 amide bonds. The molecule has 1 aromatic rings. The Bertz CT molecular complexity index is 554. The van der Waals surface area contributed by atoms with E-state index in [0.717, 1.165) is 22.8 Å². The van der Waals surface area contributed by atoms with Crippen LogP contribution < -0.4 is 10.1 Å². The van der Waals surface area contributed by atoms with Gasteiger partial charge in [-0.15, -0.1) is 0 Å². The summed E-state index contributed by atoms with van der Waals surface area (Å²) in [5.41, 5.74) is 0.545. The summed E-state index contributed by atoms with van der Waals surface area (Å²) < 4.78 is 11.4. The lowest BCUT2D eigenvalue weighted by Crippen LogP contribution is -2.65. The molecular weight excluding hydrogens is 296 g/mol. The van der Waals surface area contributed by atoms with Gasteiger partial charge < -0.3 is 19.7 Å². The molecule has 108 valence electrons. The molecule has 4 nitrogen and oxygen atoms in total. The molecule has 0 spiro atoms. The van der Waals surface area contributed by atoms with Gasteiger partial charge in [0.25, 0.3) is 0 Å². The quantitative estimate of drug-likeness (QED) is 0.868. The van der Waals surface area contributed by atoms with Crippen LogP contribution in [0.2, 0.25) is 5.02 Å². The van der Waals surface area contributed by atoms with Crippen molar-refractivity contribution in [1.29, 1.82) is 0 Å². The largest absolute Gasteiger partial charge is 0.468 e. The summed E-state index contributed by atoms with van der Waals surface area (Å²) in [4.78, 5) is 2.05. The van der Waals surface area contributed by atoms with Gasteiger partial charge in [0, 0.05) is 30.7 Å². The maximum absolute atomic E-state index is 6.30. The first kappa shape index (κ1) is 13.9. The summed E-state index contributed by atoms with van der Waals surface area (Å²) in [6, 6.07) is 5.84. The second-order valence-corrected chi connectivity index (χ2v) is 6.07. The van der Waals surface area contributed by atoms with Crippen LogP contribution in [0.5, 0.6) is 5.75 Å². The predicted octanol–water partition coefficient (Wildman–Crippen LogP) is 2.72. The highest BCUT2D eigenvalue weighted by atomic mass is 35.5. The molecule has 1 saturated heterocycles. The minimum absolute atomic E-state index is 0.101. The third-order valence-corrected chi connectivity index (χ3v) is 4.57. The summed E-state index contributed by atoms with van der Waals surface area (Å²) in [6.45, 7) is 3.36. The molecule has 3 rings (SSSR count). The molecular formula is C14H17ClN2O2S. The summed E-state index contributed by atoms with van der Waals surface area (Å²) in [6.07, 6.45) is 0.799.